The largest absolute Gasteiger partial charge is 0.397 e. The number of hydrogen-bond acceptors (Lipinski definition) is 4. The zero-order chi connectivity index (χ0) is 13.7. The minimum atomic E-state index is -0.421. The number of nitrogen functional groups attached to an aromatic ring is 1. The van der Waals surface area contributed by atoms with Crippen LogP contribution in [-0.4, -0.2) is 11.0 Å². The number of non-ortho nitro benzene ring substituents is 1. The number of anilines is 2. The van der Waals surface area contributed by atoms with Crippen LogP contribution in [-0.2, 0) is 0 Å². The fourth-order valence-corrected chi connectivity index (χ4v) is 2.62. The first-order chi connectivity index (χ1) is 9.16. The Kier molecular flexibility index (Phi) is 4.60. The third kappa shape index (κ3) is 3.84. The van der Waals surface area contributed by atoms with Gasteiger partial charge in [0.15, 0.2) is 0 Å². The van der Waals surface area contributed by atoms with Gasteiger partial charge in [-0.2, -0.15) is 0 Å². The van der Waals surface area contributed by atoms with Crippen LogP contribution in [0.2, 0.25) is 0 Å². The molecular weight excluding hydrogens is 242 g/mol. The fraction of sp³-hybridized carbons (Fsp3) is 0.571. The van der Waals surface area contributed by atoms with E-state index in [1.807, 2.05) is 0 Å². The molecule has 19 heavy (non-hydrogen) atoms. The molecule has 0 atom stereocenters. The number of nitrogens with zero attached hydrogens (tertiary/aromatic N) is 1. The van der Waals surface area contributed by atoms with Crippen LogP contribution < -0.4 is 11.1 Å². The zero-order valence-corrected chi connectivity index (χ0v) is 11.1. The lowest BCUT2D eigenvalue weighted by atomic mass is 9.96. The predicted molar refractivity (Wildman–Crippen MR) is 77.2 cm³/mol. The molecule has 1 aliphatic rings. The Balaban J connectivity index is 2.03. The van der Waals surface area contributed by atoms with Gasteiger partial charge in [0.1, 0.15) is 0 Å². The van der Waals surface area contributed by atoms with E-state index < -0.39 is 4.92 Å². The Labute approximate surface area is 113 Å². The molecule has 0 unspecified atom stereocenters. The van der Waals surface area contributed by atoms with E-state index in [0.717, 1.165) is 18.5 Å². The van der Waals surface area contributed by atoms with Crippen LogP contribution in [0, 0.1) is 10.1 Å². The van der Waals surface area contributed by atoms with Gasteiger partial charge in [0.2, 0.25) is 0 Å². The molecule has 1 fully saturated rings. The van der Waals surface area contributed by atoms with E-state index in [9.17, 15) is 10.1 Å². The van der Waals surface area contributed by atoms with Gasteiger partial charge in [0.05, 0.1) is 16.3 Å². The Morgan fingerprint density at radius 3 is 2.37 bits per heavy atom. The van der Waals surface area contributed by atoms with Gasteiger partial charge in [-0.05, 0) is 18.9 Å². The average molecular weight is 263 g/mol. The highest BCUT2D eigenvalue weighted by molar-refractivity contribution is 5.69. The predicted octanol–water partition coefficient (Wildman–Crippen LogP) is 3.70. The molecule has 0 bridgehead atoms. The van der Waals surface area contributed by atoms with Gasteiger partial charge in [-0.25, -0.2) is 0 Å². The van der Waals surface area contributed by atoms with E-state index in [2.05, 4.69) is 5.32 Å². The van der Waals surface area contributed by atoms with E-state index in [-0.39, 0.29) is 5.69 Å². The van der Waals surface area contributed by atoms with Gasteiger partial charge >= 0.3 is 0 Å². The summed E-state index contributed by atoms with van der Waals surface area (Å²) in [5.74, 6) is 0. The quantitative estimate of drug-likeness (QED) is 0.495. The molecule has 1 aliphatic carbocycles. The number of nitrogens with two attached hydrogens (primary N) is 1. The van der Waals surface area contributed by atoms with Crippen LogP contribution in [0.15, 0.2) is 18.2 Å². The molecule has 1 aromatic carbocycles. The number of nitro benzene ring substituents is 1. The van der Waals surface area contributed by atoms with Crippen LogP contribution in [0.4, 0.5) is 17.1 Å². The Morgan fingerprint density at radius 2 is 1.79 bits per heavy atom. The van der Waals surface area contributed by atoms with Crippen molar-refractivity contribution >= 4 is 17.1 Å². The summed E-state index contributed by atoms with van der Waals surface area (Å²) < 4.78 is 0. The Morgan fingerprint density at radius 1 is 1.16 bits per heavy atom. The minimum Gasteiger partial charge on any atom is -0.397 e. The molecule has 0 aliphatic heterocycles. The summed E-state index contributed by atoms with van der Waals surface area (Å²) in [6.45, 7) is 0. The maximum atomic E-state index is 10.7. The van der Waals surface area contributed by atoms with Crippen LogP contribution in [0.25, 0.3) is 0 Å². The van der Waals surface area contributed by atoms with Crippen LogP contribution in [0.1, 0.15) is 44.9 Å². The van der Waals surface area contributed by atoms with Crippen molar-refractivity contribution in [1.82, 2.24) is 0 Å². The third-order valence-corrected chi connectivity index (χ3v) is 3.71. The number of hydrogen-bond donors (Lipinski definition) is 2. The zero-order valence-electron chi connectivity index (χ0n) is 11.1. The van der Waals surface area contributed by atoms with Crippen LogP contribution in [0.5, 0.6) is 0 Å². The fourth-order valence-electron chi connectivity index (χ4n) is 2.62. The lowest BCUT2D eigenvalue weighted by molar-refractivity contribution is -0.384. The molecule has 3 N–H and O–H groups in total. The summed E-state index contributed by atoms with van der Waals surface area (Å²) in [5, 5.41) is 14.1. The van der Waals surface area contributed by atoms with Gasteiger partial charge in [-0.1, -0.05) is 32.1 Å². The molecule has 1 saturated carbocycles. The summed E-state index contributed by atoms with van der Waals surface area (Å²) in [4.78, 5) is 10.2. The third-order valence-electron chi connectivity index (χ3n) is 3.71. The van der Waals surface area contributed by atoms with Gasteiger partial charge < -0.3 is 11.1 Å². The van der Waals surface area contributed by atoms with Crippen molar-refractivity contribution in [2.75, 3.05) is 11.1 Å². The summed E-state index contributed by atoms with van der Waals surface area (Å²) in [6.07, 6.45) is 8.72. The minimum absolute atomic E-state index is 0.0423. The number of nitrogens with one attached hydrogen (secondary N) is 1. The molecule has 1 aromatic rings. The molecule has 5 heteroatoms. The summed E-state index contributed by atoms with van der Waals surface area (Å²) in [7, 11) is 0. The number of rotatable bonds is 3. The second-order valence-corrected chi connectivity index (χ2v) is 5.22. The molecule has 104 valence electrons. The SMILES string of the molecule is Nc1cc([N+](=O)[O-])ccc1NC1CCCCCCC1. The van der Waals surface area contributed by atoms with E-state index in [0.29, 0.717) is 11.7 Å². The molecule has 5 nitrogen and oxygen atoms in total. The highest BCUT2D eigenvalue weighted by Gasteiger charge is 2.14. The number of benzene rings is 1. The van der Waals surface area contributed by atoms with E-state index in [1.165, 1.54) is 44.2 Å². The lowest BCUT2D eigenvalue weighted by Gasteiger charge is -2.22. The van der Waals surface area contributed by atoms with Gasteiger partial charge in [0, 0.05) is 18.2 Å². The van der Waals surface area contributed by atoms with Crippen molar-refractivity contribution in [3.05, 3.63) is 28.3 Å². The monoisotopic (exact) mass is 263 g/mol. The van der Waals surface area contributed by atoms with Crippen molar-refractivity contribution in [2.45, 2.75) is 51.0 Å². The molecule has 0 amide bonds. The van der Waals surface area contributed by atoms with E-state index >= 15 is 0 Å². The van der Waals surface area contributed by atoms with Crippen molar-refractivity contribution in [3.8, 4) is 0 Å². The van der Waals surface area contributed by atoms with Crippen molar-refractivity contribution in [1.29, 1.82) is 0 Å². The highest BCUT2D eigenvalue weighted by atomic mass is 16.6. The Bertz CT molecular complexity index is 440. The van der Waals surface area contributed by atoms with Crippen molar-refractivity contribution in [3.63, 3.8) is 0 Å². The first-order valence-corrected chi connectivity index (χ1v) is 6.97. The lowest BCUT2D eigenvalue weighted by Crippen LogP contribution is -2.21. The standard InChI is InChI=1S/C14H21N3O2/c15-13-10-12(17(18)19)8-9-14(13)16-11-6-4-2-1-3-5-7-11/h8-11,16H,1-7,15H2. The summed E-state index contributed by atoms with van der Waals surface area (Å²) in [5.41, 5.74) is 7.19. The maximum absolute atomic E-state index is 10.7. The van der Waals surface area contributed by atoms with Crippen molar-refractivity contribution < 1.29 is 4.92 Å². The Hall–Kier alpha value is -1.78. The van der Waals surface area contributed by atoms with Crippen molar-refractivity contribution in [2.24, 2.45) is 0 Å². The molecule has 2 rings (SSSR count). The molecule has 0 aromatic heterocycles. The summed E-state index contributed by atoms with van der Waals surface area (Å²) >= 11 is 0. The molecular formula is C14H21N3O2. The first kappa shape index (κ1) is 13.6. The molecule has 0 saturated heterocycles. The van der Waals surface area contributed by atoms with Crippen LogP contribution in [0.3, 0.4) is 0 Å². The normalized spacial score (nSPS) is 17.5. The van der Waals surface area contributed by atoms with Gasteiger partial charge in [-0.3, -0.25) is 10.1 Å². The molecule has 0 heterocycles. The maximum Gasteiger partial charge on any atom is 0.271 e. The average Bonchev–Trinajstić information content (AvgIpc) is 2.34. The van der Waals surface area contributed by atoms with E-state index in [1.54, 1.807) is 6.07 Å². The summed E-state index contributed by atoms with van der Waals surface area (Å²) in [6, 6.07) is 5.07. The molecule has 0 spiro atoms. The van der Waals surface area contributed by atoms with Gasteiger partial charge in [-0.15, -0.1) is 0 Å². The second-order valence-electron chi connectivity index (χ2n) is 5.22. The second kappa shape index (κ2) is 6.41. The highest BCUT2D eigenvalue weighted by Crippen LogP contribution is 2.27. The van der Waals surface area contributed by atoms with Gasteiger partial charge in [0.25, 0.3) is 5.69 Å². The van der Waals surface area contributed by atoms with Crippen LogP contribution >= 0.6 is 0 Å². The smallest absolute Gasteiger partial charge is 0.271 e. The first-order valence-electron chi connectivity index (χ1n) is 6.97. The van der Waals surface area contributed by atoms with E-state index in [4.69, 9.17) is 5.73 Å². The molecule has 0 radical (unpaired) electrons. The topological polar surface area (TPSA) is 81.2 Å². The number of nitro groups is 1.